The Morgan fingerprint density at radius 3 is 2.67 bits per heavy atom. The summed E-state index contributed by atoms with van der Waals surface area (Å²) < 4.78 is 32.5. The first-order valence-electron chi connectivity index (χ1n) is 11.1. The van der Waals surface area contributed by atoms with Gasteiger partial charge in [-0.25, -0.2) is 14.4 Å². The van der Waals surface area contributed by atoms with Crippen molar-refractivity contribution in [3.05, 3.63) is 83.0 Å². The Balaban J connectivity index is 1.47. The van der Waals surface area contributed by atoms with Gasteiger partial charge in [-0.3, -0.25) is 9.08 Å². The van der Waals surface area contributed by atoms with Gasteiger partial charge in [-0.1, -0.05) is 17.7 Å². The molecule has 0 amide bonds. The predicted molar refractivity (Wildman–Crippen MR) is 132 cm³/mol. The van der Waals surface area contributed by atoms with E-state index in [0.717, 1.165) is 5.56 Å². The predicted octanol–water partition coefficient (Wildman–Crippen LogP) is 4.14. The molecular weight excluding hydrogens is 488 g/mol. The van der Waals surface area contributed by atoms with Crippen LogP contribution in [-0.4, -0.2) is 47.9 Å². The summed E-state index contributed by atoms with van der Waals surface area (Å²) in [5, 5.41) is 18.8. The lowest BCUT2D eigenvalue weighted by Gasteiger charge is -2.16. The number of benzene rings is 1. The lowest BCUT2D eigenvalue weighted by molar-refractivity contribution is 0.526. The van der Waals surface area contributed by atoms with E-state index in [0.29, 0.717) is 47.5 Å². The summed E-state index contributed by atoms with van der Waals surface area (Å²) in [4.78, 5) is 8.74. The van der Waals surface area contributed by atoms with E-state index in [2.05, 4.69) is 35.9 Å². The van der Waals surface area contributed by atoms with Crippen LogP contribution in [-0.2, 0) is 13.5 Å². The first-order chi connectivity index (χ1) is 17.4. The van der Waals surface area contributed by atoms with Crippen molar-refractivity contribution in [2.45, 2.75) is 12.3 Å². The summed E-state index contributed by atoms with van der Waals surface area (Å²) in [5.74, 6) is 0.196. The average molecular weight is 510 g/mol. The van der Waals surface area contributed by atoms with Crippen molar-refractivity contribution < 1.29 is 8.78 Å². The zero-order chi connectivity index (χ0) is 25.2. The Morgan fingerprint density at radius 2 is 1.92 bits per heavy atom. The normalized spacial score (nSPS) is 12.2. The van der Waals surface area contributed by atoms with Crippen molar-refractivity contribution in [2.24, 2.45) is 7.05 Å². The third kappa shape index (κ3) is 4.75. The molecule has 4 aromatic heterocycles. The smallest absolute Gasteiger partial charge is 0.228 e. The SMILES string of the molecule is CNCC(Cc1ccc(Cl)c(F)c1)c1nnc2cc(-c3ccnc(Nc4ccnn4C)n3)cc(F)n12. The van der Waals surface area contributed by atoms with E-state index >= 15 is 4.39 Å². The van der Waals surface area contributed by atoms with Gasteiger partial charge in [0.15, 0.2) is 5.65 Å². The Bertz CT molecular complexity index is 1530. The van der Waals surface area contributed by atoms with Crippen LogP contribution >= 0.6 is 11.6 Å². The van der Waals surface area contributed by atoms with Crippen molar-refractivity contribution in [1.82, 2.24) is 39.7 Å². The lowest BCUT2D eigenvalue weighted by Crippen LogP contribution is -2.22. The van der Waals surface area contributed by atoms with Crippen molar-refractivity contribution in [1.29, 1.82) is 0 Å². The molecule has 184 valence electrons. The third-order valence-corrected chi connectivity index (χ3v) is 6.09. The van der Waals surface area contributed by atoms with Crippen LogP contribution in [0.4, 0.5) is 20.5 Å². The van der Waals surface area contributed by atoms with E-state index in [4.69, 9.17) is 11.6 Å². The van der Waals surface area contributed by atoms with E-state index in [1.165, 1.54) is 22.6 Å². The third-order valence-electron chi connectivity index (χ3n) is 5.78. The molecule has 5 aromatic rings. The molecule has 0 fully saturated rings. The van der Waals surface area contributed by atoms with Crippen molar-refractivity contribution in [3.8, 4) is 11.3 Å². The number of rotatable bonds is 8. The molecule has 0 radical (unpaired) electrons. The number of hydrogen-bond acceptors (Lipinski definition) is 7. The molecule has 0 saturated heterocycles. The topological polar surface area (TPSA) is 97.9 Å². The van der Waals surface area contributed by atoms with Gasteiger partial charge in [-0.2, -0.15) is 9.49 Å². The van der Waals surface area contributed by atoms with E-state index < -0.39 is 11.8 Å². The molecular formula is C24H22ClF2N9. The number of nitrogens with zero attached hydrogens (tertiary/aromatic N) is 7. The summed E-state index contributed by atoms with van der Waals surface area (Å²) in [6.07, 6.45) is 3.67. The summed E-state index contributed by atoms with van der Waals surface area (Å²) in [6.45, 7) is 0.487. The van der Waals surface area contributed by atoms with Crippen LogP contribution < -0.4 is 10.6 Å². The molecule has 0 aliphatic carbocycles. The molecule has 36 heavy (non-hydrogen) atoms. The van der Waals surface area contributed by atoms with Crippen LogP contribution in [0.5, 0.6) is 0 Å². The lowest BCUT2D eigenvalue weighted by atomic mass is 9.98. The maximum atomic E-state index is 15.5. The van der Waals surface area contributed by atoms with E-state index in [9.17, 15) is 4.39 Å². The number of nitrogens with one attached hydrogen (secondary N) is 2. The van der Waals surface area contributed by atoms with E-state index in [1.807, 2.05) is 0 Å². The summed E-state index contributed by atoms with van der Waals surface area (Å²) >= 11 is 5.81. The van der Waals surface area contributed by atoms with Crippen molar-refractivity contribution >= 4 is 29.0 Å². The second kappa shape index (κ2) is 9.96. The fourth-order valence-corrected chi connectivity index (χ4v) is 4.17. The van der Waals surface area contributed by atoms with E-state index in [1.54, 1.807) is 55.4 Å². The molecule has 1 aromatic carbocycles. The Kier molecular flexibility index (Phi) is 6.57. The maximum Gasteiger partial charge on any atom is 0.228 e. The first-order valence-corrected chi connectivity index (χ1v) is 11.5. The molecule has 0 bridgehead atoms. The second-order valence-corrected chi connectivity index (χ2v) is 8.66. The minimum Gasteiger partial charge on any atom is -0.319 e. The number of hydrogen-bond donors (Lipinski definition) is 2. The molecule has 0 saturated carbocycles. The minimum absolute atomic E-state index is 0.0545. The Labute approximate surface area is 210 Å². The largest absolute Gasteiger partial charge is 0.319 e. The fraction of sp³-hybridized carbons (Fsp3) is 0.208. The highest BCUT2D eigenvalue weighted by atomic mass is 35.5. The molecule has 0 aliphatic heterocycles. The molecule has 0 aliphatic rings. The number of aromatic nitrogens is 7. The van der Waals surface area contributed by atoms with Gasteiger partial charge in [0.25, 0.3) is 0 Å². The molecule has 9 nitrogen and oxygen atoms in total. The van der Waals surface area contributed by atoms with E-state index in [-0.39, 0.29) is 10.9 Å². The van der Waals surface area contributed by atoms with Crippen LogP contribution in [0.1, 0.15) is 17.3 Å². The van der Waals surface area contributed by atoms with Crippen LogP contribution in [0, 0.1) is 11.8 Å². The first kappa shape index (κ1) is 23.8. The summed E-state index contributed by atoms with van der Waals surface area (Å²) in [5.41, 5.74) is 2.10. The van der Waals surface area contributed by atoms with Crippen molar-refractivity contribution in [3.63, 3.8) is 0 Å². The quantitative estimate of drug-likeness (QED) is 0.303. The second-order valence-electron chi connectivity index (χ2n) is 8.26. The van der Waals surface area contributed by atoms with Crippen molar-refractivity contribution in [2.75, 3.05) is 18.9 Å². The van der Waals surface area contributed by atoms with Gasteiger partial charge >= 0.3 is 0 Å². The highest BCUT2D eigenvalue weighted by Gasteiger charge is 2.22. The molecule has 2 N–H and O–H groups in total. The zero-order valence-corrected chi connectivity index (χ0v) is 20.2. The van der Waals surface area contributed by atoms with Crippen LogP contribution in [0.3, 0.4) is 0 Å². The monoisotopic (exact) mass is 509 g/mol. The van der Waals surface area contributed by atoms with Gasteiger partial charge in [-0.15, -0.1) is 10.2 Å². The van der Waals surface area contributed by atoms with Gasteiger partial charge in [-0.05, 0) is 43.3 Å². The number of anilines is 2. The highest BCUT2D eigenvalue weighted by Crippen LogP contribution is 2.27. The van der Waals surface area contributed by atoms with Gasteiger partial charge in [0.1, 0.15) is 17.5 Å². The van der Waals surface area contributed by atoms with Gasteiger partial charge in [0.2, 0.25) is 11.9 Å². The molecule has 4 heterocycles. The summed E-state index contributed by atoms with van der Waals surface area (Å²) in [7, 11) is 3.59. The van der Waals surface area contributed by atoms with Crippen LogP contribution in [0.2, 0.25) is 5.02 Å². The fourth-order valence-electron chi connectivity index (χ4n) is 4.05. The number of pyridine rings is 1. The Hall–Kier alpha value is -3.96. The Morgan fingerprint density at radius 1 is 1.06 bits per heavy atom. The van der Waals surface area contributed by atoms with Crippen LogP contribution in [0.15, 0.2) is 54.9 Å². The number of fused-ring (bicyclic) bond motifs is 1. The molecule has 12 heteroatoms. The molecule has 1 unspecified atom stereocenters. The number of aryl methyl sites for hydroxylation is 1. The molecule has 5 rings (SSSR count). The highest BCUT2D eigenvalue weighted by molar-refractivity contribution is 6.30. The average Bonchev–Trinajstić information content (AvgIpc) is 3.48. The standard InChI is InChI=1S/C24H22ClF2N9/c1-28-13-16(9-14-3-4-17(25)18(26)10-14)23-34-33-22-12-15(11-20(27)36(22)23)19-5-7-29-24(31-19)32-21-6-8-30-35(21)2/h3-8,10-12,16,28H,9,13H2,1-2H3,(H,29,31,32). The minimum atomic E-state index is -0.536. The van der Waals surface area contributed by atoms with Crippen LogP contribution in [0.25, 0.3) is 16.9 Å². The maximum absolute atomic E-state index is 15.5. The zero-order valence-electron chi connectivity index (χ0n) is 19.5. The van der Waals surface area contributed by atoms with Gasteiger partial charge in [0, 0.05) is 43.4 Å². The van der Waals surface area contributed by atoms with Gasteiger partial charge in [0.05, 0.1) is 16.9 Å². The summed E-state index contributed by atoms with van der Waals surface area (Å²) in [6, 6.07) is 11.2. The molecule has 0 spiro atoms. The number of halogens is 3. The molecule has 1 atom stereocenters. The number of likely N-dealkylation sites (N-methyl/N-ethyl adjacent to an activating group) is 1. The van der Waals surface area contributed by atoms with Gasteiger partial charge < -0.3 is 10.6 Å².